The van der Waals surface area contributed by atoms with Crippen LogP contribution in [0.15, 0.2) is 113 Å². The van der Waals surface area contributed by atoms with Crippen molar-refractivity contribution in [3.8, 4) is 5.69 Å². The van der Waals surface area contributed by atoms with Crippen molar-refractivity contribution in [3.63, 3.8) is 0 Å². The van der Waals surface area contributed by atoms with Gasteiger partial charge in [-0.3, -0.25) is 0 Å². The topological polar surface area (TPSA) is 41.5 Å². The van der Waals surface area contributed by atoms with Crippen LogP contribution in [-0.4, -0.2) is 4.98 Å². The Bertz CT molecular complexity index is 1300. The maximum absolute atomic E-state index is 4.83. The maximum Gasteiger partial charge on any atom is 0.239 e. The molecule has 0 aliphatic heterocycles. The van der Waals surface area contributed by atoms with Gasteiger partial charge in [-0.1, -0.05) is 76.2 Å². The molecule has 5 rings (SSSR count). The Morgan fingerprint density at radius 3 is 1.81 bits per heavy atom. The number of aromatic nitrogens is 2. The second-order valence-corrected chi connectivity index (χ2v) is 6.48. The van der Waals surface area contributed by atoms with Crippen LogP contribution in [0.25, 0.3) is 27.8 Å². The Labute approximate surface area is 189 Å². The van der Waals surface area contributed by atoms with Crippen molar-refractivity contribution >= 4 is 33.4 Å². The third-order valence-electron chi connectivity index (χ3n) is 4.61. The van der Waals surface area contributed by atoms with Gasteiger partial charge >= 0.3 is 0 Å². The average molecular weight is 422 g/mol. The molecular weight excluding hydrogens is 392 g/mol. The molecule has 160 valence electrons. The van der Waals surface area contributed by atoms with Crippen molar-refractivity contribution in [1.82, 2.24) is 4.98 Å². The zero-order chi connectivity index (χ0) is 22.8. The fraction of sp³-hybridized carbons (Fsp3) is 0.143. The normalized spacial score (nSPS) is 10.4. The van der Waals surface area contributed by atoms with Crippen LogP contribution in [0.4, 0.5) is 11.4 Å². The molecule has 0 N–H and O–H groups in total. The maximum atomic E-state index is 4.83. The molecule has 0 aliphatic rings. The van der Waals surface area contributed by atoms with Crippen LogP contribution >= 0.6 is 0 Å². The molecule has 0 bridgehead atoms. The number of hydrogen-bond acceptors (Lipinski definition) is 3. The van der Waals surface area contributed by atoms with Crippen LogP contribution in [0.5, 0.6) is 0 Å². The minimum Gasteiger partial charge on any atom is -0.235 e. The Kier molecular flexibility index (Phi) is 8.15. The van der Waals surface area contributed by atoms with Crippen molar-refractivity contribution < 1.29 is 4.57 Å². The highest BCUT2D eigenvalue weighted by Crippen LogP contribution is 2.23. The number of nitrogens with zero attached hydrogens (tertiary/aromatic N) is 4. The number of hydrogen-bond donors (Lipinski definition) is 0. The van der Waals surface area contributed by atoms with Crippen LogP contribution in [0.2, 0.25) is 0 Å². The summed E-state index contributed by atoms with van der Waals surface area (Å²) in [4.78, 5) is 4.83. The van der Waals surface area contributed by atoms with E-state index in [1.54, 1.807) is 0 Å². The third kappa shape index (κ3) is 5.03. The first-order valence-electron chi connectivity index (χ1n) is 11.2. The summed E-state index contributed by atoms with van der Waals surface area (Å²) in [6.07, 6.45) is 0. The van der Waals surface area contributed by atoms with Crippen molar-refractivity contribution in [2.24, 2.45) is 10.2 Å². The van der Waals surface area contributed by atoms with Gasteiger partial charge in [-0.25, -0.2) is 4.98 Å². The Morgan fingerprint density at radius 1 is 0.531 bits per heavy atom. The summed E-state index contributed by atoms with van der Waals surface area (Å²) in [5, 5.41) is 8.77. The van der Waals surface area contributed by atoms with Crippen molar-refractivity contribution in [2.45, 2.75) is 27.7 Å². The quantitative estimate of drug-likeness (QED) is 0.165. The van der Waals surface area contributed by atoms with Crippen LogP contribution in [0, 0.1) is 0 Å². The molecule has 0 spiro atoms. The highest BCUT2D eigenvalue weighted by atomic mass is 15.1. The van der Waals surface area contributed by atoms with E-state index in [-0.39, 0.29) is 0 Å². The second-order valence-electron chi connectivity index (χ2n) is 6.48. The van der Waals surface area contributed by atoms with Gasteiger partial charge < -0.3 is 0 Å². The van der Waals surface area contributed by atoms with Crippen molar-refractivity contribution in [2.75, 3.05) is 0 Å². The van der Waals surface area contributed by atoms with E-state index >= 15 is 0 Å². The lowest BCUT2D eigenvalue weighted by molar-refractivity contribution is -0.538. The molecule has 0 saturated heterocycles. The van der Waals surface area contributed by atoms with Crippen LogP contribution in [0.1, 0.15) is 27.7 Å². The Hall–Kier alpha value is -3.92. The molecule has 1 aromatic heterocycles. The lowest BCUT2D eigenvalue weighted by Gasteiger charge is -2.05. The first-order valence-corrected chi connectivity index (χ1v) is 11.2. The van der Waals surface area contributed by atoms with E-state index in [1.807, 2.05) is 113 Å². The van der Waals surface area contributed by atoms with E-state index in [0.717, 1.165) is 39.1 Å². The van der Waals surface area contributed by atoms with Gasteiger partial charge in [-0.2, -0.15) is 10.2 Å². The van der Waals surface area contributed by atoms with E-state index in [1.165, 1.54) is 0 Å². The van der Waals surface area contributed by atoms with E-state index < -0.39 is 0 Å². The van der Waals surface area contributed by atoms with Gasteiger partial charge in [-0.15, -0.1) is 4.57 Å². The van der Waals surface area contributed by atoms with E-state index in [0.29, 0.717) is 0 Å². The van der Waals surface area contributed by atoms with Gasteiger partial charge in [0.1, 0.15) is 11.0 Å². The summed E-state index contributed by atoms with van der Waals surface area (Å²) in [6, 6.07) is 34.2. The minimum atomic E-state index is 0.790. The van der Waals surface area contributed by atoms with Crippen LogP contribution in [0.3, 0.4) is 0 Å². The average Bonchev–Trinajstić information content (AvgIpc) is 2.89. The molecule has 4 aromatic carbocycles. The highest BCUT2D eigenvalue weighted by Gasteiger charge is 2.19. The lowest BCUT2D eigenvalue weighted by Crippen LogP contribution is -2.33. The number of fused-ring (bicyclic) bond motifs is 2. The predicted octanol–water partition coefficient (Wildman–Crippen LogP) is 8.13. The van der Waals surface area contributed by atoms with Crippen LogP contribution < -0.4 is 4.57 Å². The highest BCUT2D eigenvalue weighted by molar-refractivity contribution is 5.83. The Balaban J connectivity index is 0.000000686. The molecule has 5 aromatic rings. The zero-order valence-electron chi connectivity index (χ0n) is 19.1. The fourth-order valence-corrected chi connectivity index (χ4v) is 3.32. The van der Waals surface area contributed by atoms with Crippen molar-refractivity contribution in [3.05, 3.63) is 103 Å². The molecular formula is C28H29N4+. The third-order valence-corrected chi connectivity index (χ3v) is 4.61. The molecule has 0 unspecified atom stereocenters. The zero-order valence-corrected chi connectivity index (χ0v) is 19.1. The van der Waals surface area contributed by atoms with Crippen molar-refractivity contribution in [1.29, 1.82) is 0 Å². The van der Waals surface area contributed by atoms with E-state index in [2.05, 4.69) is 33.0 Å². The minimum absolute atomic E-state index is 0.790. The smallest absolute Gasteiger partial charge is 0.235 e. The lowest BCUT2D eigenvalue weighted by atomic mass is 10.2. The van der Waals surface area contributed by atoms with Gasteiger partial charge in [-0.05, 0) is 30.3 Å². The molecule has 0 radical (unpaired) electrons. The summed E-state index contributed by atoms with van der Waals surface area (Å²) in [5.74, 6) is 0. The monoisotopic (exact) mass is 421 g/mol. The fourth-order valence-electron chi connectivity index (χ4n) is 3.32. The SMILES string of the molecule is CC.CC.c1ccc(N=Nc2ccc3nc4ccccc4[n+](-c4ccccc4)c3c2)cc1. The molecule has 0 fully saturated rings. The first kappa shape index (κ1) is 22.8. The molecule has 4 heteroatoms. The number of para-hydroxylation sites is 3. The number of rotatable bonds is 3. The van der Waals surface area contributed by atoms with Gasteiger partial charge in [0.25, 0.3) is 0 Å². The van der Waals surface area contributed by atoms with Gasteiger partial charge in [0.15, 0.2) is 0 Å². The molecule has 0 saturated carbocycles. The standard InChI is InChI=1S/C24H17N4.2C2H6/c1-3-9-18(10-4-1)26-27-19-15-16-22-24(17-19)28(20-11-5-2-6-12-20)23-14-8-7-13-21(23)25-22;2*1-2/h1-17H;2*1-2H3/q+1;;. The first-order chi connectivity index (χ1) is 15.9. The van der Waals surface area contributed by atoms with E-state index in [9.17, 15) is 0 Å². The van der Waals surface area contributed by atoms with Gasteiger partial charge in [0.2, 0.25) is 16.7 Å². The molecule has 0 amide bonds. The number of azo groups is 1. The molecule has 0 atom stereocenters. The molecule has 4 nitrogen and oxygen atoms in total. The molecule has 32 heavy (non-hydrogen) atoms. The van der Waals surface area contributed by atoms with Gasteiger partial charge in [0.05, 0.1) is 11.4 Å². The largest absolute Gasteiger partial charge is 0.239 e. The molecule has 0 aliphatic carbocycles. The summed E-state index contributed by atoms with van der Waals surface area (Å²) in [7, 11) is 0. The summed E-state index contributed by atoms with van der Waals surface area (Å²) < 4.78 is 2.22. The Morgan fingerprint density at radius 2 is 1.09 bits per heavy atom. The summed E-state index contributed by atoms with van der Waals surface area (Å²) in [6.45, 7) is 8.00. The van der Waals surface area contributed by atoms with Crippen LogP contribution in [-0.2, 0) is 0 Å². The summed E-state index contributed by atoms with van der Waals surface area (Å²) >= 11 is 0. The number of benzene rings is 4. The summed E-state index contributed by atoms with van der Waals surface area (Å²) in [5.41, 5.74) is 6.63. The second kappa shape index (κ2) is 11.5. The van der Waals surface area contributed by atoms with Gasteiger partial charge in [0, 0.05) is 24.3 Å². The molecule has 1 heterocycles. The predicted molar refractivity (Wildman–Crippen MR) is 134 cm³/mol. The van der Waals surface area contributed by atoms with E-state index in [4.69, 9.17) is 4.98 Å².